The highest BCUT2D eigenvalue weighted by molar-refractivity contribution is 5.97. The number of anilines is 1. The third kappa shape index (κ3) is 9.92. The molecule has 1 fully saturated rings. The molecule has 6 bridgehead atoms. The highest BCUT2D eigenvalue weighted by atomic mass is 16.5. The van der Waals surface area contributed by atoms with Crippen LogP contribution in [-0.2, 0) is 59.8 Å². The molecule has 5 aliphatic heterocycles. The predicted octanol–water partition coefficient (Wildman–Crippen LogP) is -1.67. The minimum absolute atomic E-state index is 0.00198. The summed E-state index contributed by atoms with van der Waals surface area (Å²) in [5.74, 6) is -7.12. The number of ether oxygens (including phenoxy) is 2. The SMILES string of the molecule is CCC(=O)NC1C[C@@]23c4cccc(c4NC2Oc2c4cc(cc23)C(O)C(C(=O)NCC=O)NC(=O)C(NC(=O)C2CCC(=O)N2)CC(C)C4)OC(C)(CC)C(C(=O)O)NC(=O)C(C)NC(=O)CNC1=O. The van der Waals surface area contributed by atoms with Crippen molar-refractivity contribution in [2.45, 2.75) is 139 Å². The summed E-state index contributed by atoms with van der Waals surface area (Å²) in [4.78, 5) is 132. The Morgan fingerprint density at radius 3 is 2.31 bits per heavy atom. The summed E-state index contributed by atoms with van der Waals surface area (Å²) < 4.78 is 13.5. The summed E-state index contributed by atoms with van der Waals surface area (Å²) in [5, 5.41) is 46.8. The number of fused-ring (bicyclic) bond motifs is 4. The van der Waals surface area contributed by atoms with E-state index >= 15 is 0 Å². The number of hydrogen-bond acceptors (Lipinski definition) is 14. The molecule has 23 nitrogen and oxygen atoms in total. The van der Waals surface area contributed by atoms with Gasteiger partial charge in [0.15, 0.2) is 12.3 Å². The molecule has 5 aliphatic rings. The van der Waals surface area contributed by atoms with Crippen molar-refractivity contribution in [1.29, 1.82) is 0 Å². The van der Waals surface area contributed by atoms with Crippen molar-refractivity contribution in [3.63, 3.8) is 0 Å². The second kappa shape index (κ2) is 20.3. The fraction of sp³-hybridized carbons (Fsp3) is 0.532. The normalized spacial score (nSPS) is 30.8. The smallest absolute Gasteiger partial charge is 0.330 e. The number of carboxylic acid groups (broad SMARTS) is 1. The van der Waals surface area contributed by atoms with E-state index in [4.69, 9.17) is 9.47 Å². The van der Waals surface area contributed by atoms with E-state index in [1.54, 1.807) is 44.2 Å². The molecule has 11 atom stereocenters. The maximum absolute atomic E-state index is 14.4. The van der Waals surface area contributed by atoms with Crippen molar-refractivity contribution in [3.05, 3.63) is 52.6 Å². The number of para-hydroxylation sites is 1. The van der Waals surface area contributed by atoms with Gasteiger partial charge in [-0.2, -0.15) is 0 Å². The van der Waals surface area contributed by atoms with E-state index in [1.165, 1.54) is 13.8 Å². The van der Waals surface area contributed by atoms with Gasteiger partial charge in [0.25, 0.3) is 0 Å². The van der Waals surface area contributed by atoms with Crippen molar-refractivity contribution < 1.29 is 67.6 Å². The Morgan fingerprint density at radius 2 is 1.64 bits per heavy atom. The maximum atomic E-state index is 14.4. The highest BCUT2D eigenvalue weighted by Crippen LogP contribution is 2.60. The van der Waals surface area contributed by atoms with Gasteiger partial charge in [-0.25, -0.2) is 4.79 Å². The molecule has 0 aliphatic carbocycles. The molecule has 11 N–H and O–H groups in total. The van der Waals surface area contributed by atoms with Crippen LogP contribution in [-0.4, -0.2) is 131 Å². The van der Waals surface area contributed by atoms with Gasteiger partial charge >= 0.3 is 5.97 Å². The zero-order valence-corrected chi connectivity index (χ0v) is 39.3. The van der Waals surface area contributed by atoms with Crippen LogP contribution < -0.4 is 57.3 Å². The van der Waals surface area contributed by atoms with Crippen LogP contribution in [0, 0.1) is 5.92 Å². The molecule has 7 rings (SSSR count). The maximum Gasteiger partial charge on any atom is 0.330 e. The number of aldehydes is 1. The van der Waals surface area contributed by atoms with Gasteiger partial charge in [0, 0.05) is 18.4 Å². The Hall–Kier alpha value is -7.30. The summed E-state index contributed by atoms with van der Waals surface area (Å²) >= 11 is 0. The number of aliphatic hydroxyl groups excluding tert-OH is 1. The number of hydrogen-bond donors (Lipinski definition) is 11. The number of nitrogens with one attached hydrogen (secondary N) is 9. The van der Waals surface area contributed by atoms with Gasteiger partial charge in [-0.15, -0.1) is 0 Å². The Morgan fingerprint density at radius 1 is 0.886 bits per heavy atom. The first-order valence-electron chi connectivity index (χ1n) is 23.4. The lowest BCUT2D eigenvalue weighted by Crippen LogP contribution is -2.61. The lowest BCUT2D eigenvalue weighted by molar-refractivity contribution is -0.148. The standard InChI is InChI=1S/C47H59N9O14/c1-6-31(58)52-29-19-47-25-9-8-10-30(70-46(5,7-2)38(44(67)68)56-39(62)22(4)50-33(60)20-49-40(29)63)34(25)55-45(47)69-37-24-15-21(3)16-28(53-41(64)27-11-12-32(59)51-27)42(65)54-35(43(66)48-13-14-57)36(61)23(17-24)18-26(37)47/h8-10,14,17-18,21-22,27-29,35-36,38,45,55,61H,6-7,11-13,15-16,19-20H2,1-5H3,(H,48,66)(H,49,63)(H,50,60)(H,51,59)(H,52,58)(H,53,64)(H,54,65)(H,56,62)(H,67,68)/t21?,22?,27?,28?,29?,35?,36?,38?,45?,46?,47-/m0/s1. The second-order valence-electron chi connectivity index (χ2n) is 18.7. The second-order valence-corrected chi connectivity index (χ2v) is 18.7. The van der Waals surface area contributed by atoms with E-state index in [-0.39, 0.29) is 62.2 Å². The number of carboxylic acids is 1. The molecule has 23 heteroatoms. The van der Waals surface area contributed by atoms with E-state index in [0.717, 1.165) is 0 Å². The number of benzene rings is 2. The van der Waals surface area contributed by atoms with Crippen LogP contribution in [0.5, 0.6) is 11.5 Å². The van der Waals surface area contributed by atoms with Crippen LogP contribution in [0.3, 0.4) is 0 Å². The first-order valence-corrected chi connectivity index (χ1v) is 23.4. The average Bonchev–Trinajstić information content (AvgIpc) is 3.99. The summed E-state index contributed by atoms with van der Waals surface area (Å²) in [7, 11) is 0. The molecule has 376 valence electrons. The third-order valence-electron chi connectivity index (χ3n) is 13.8. The molecule has 10 unspecified atom stereocenters. The number of amides is 8. The number of carbonyl (C=O) groups excluding carboxylic acids is 9. The Balaban J connectivity index is 1.42. The number of carbonyl (C=O) groups is 10. The zero-order valence-electron chi connectivity index (χ0n) is 39.3. The number of aliphatic carboxylic acids is 1. The van der Waals surface area contributed by atoms with Crippen LogP contribution >= 0.6 is 0 Å². The van der Waals surface area contributed by atoms with Crippen molar-refractivity contribution in [2.24, 2.45) is 5.92 Å². The predicted molar refractivity (Wildman–Crippen MR) is 245 cm³/mol. The summed E-state index contributed by atoms with van der Waals surface area (Å²) in [6.45, 7) is 6.81. The van der Waals surface area contributed by atoms with Gasteiger partial charge in [-0.1, -0.05) is 32.9 Å². The summed E-state index contributed by atoms with van der Waals surface area (Å²) in [5.41, 5.74) is -1.45. The van der Waals surface area contributed by atoms with Crippen molar-refractivity contribution in [2.75, 3.05) is 18.4 Å². The van der Waals surface area contributed by atoms with E-state index in [2.05, 4.69) is 47.9 Å². The van der Waals surface area contributed by atoms with E-state index in [9.17, 15) is 58.2 Å². The van der Waals surface area contributed by atoms with Crippen LogP contribution in [0.15, 0.2) is 30.3 Å². The first-order chi connectivity index (χ1) is 33.2. The minimum atomic E-state index is -1.83. The minimum Gasteiger partial charge on any atom is -0.483 e. The van der Waals surface area contributed by atoms with Crippen LogP contribution in [0.25, 0.3) is 0 Å². The lowest BCUT2D eigenvalue weighted by Gasteiger charge is -2.36. The molecule has 0 saturated carbocycles. The van der Waals surface area contributed by atoms with Crippen LogP contribution in [0.2, 0.25) is 0 Å². The fourth-order valence-corrected chi connectivity index (χ4v) is 9.87. The zero-order chi connectivity index (χ0) is 50.8. The van der Waals surface area contributed by atoms with Crippen LogP contribution in [0.1, 0.15) is 102 Å². The Kier molecular flexibility index (Phi) is 14.7. The van der Waals surface area contributed by atoms with Crippen molar-refractivity contribution in [3.8, 4) is 11.5 Å². The quantitative estimate of drug-likeness (QED) is 0.125. The first kappa shape index (κ1) is 50.6. The molecule has 0 aromatic heterocycles. The summed E-state index contributed by atoms with van der Waals surface area (Å²) in [6.07, 6.45) is -2.32. The third-order valence-corrected chi connectivity index (χ3v) is 13.8. The van der Waals surface area contributed by atoms with Gasteiger partial charge in [0.1, 0.15) is 59.7 Å². The number of rotatable bonds is 9. The molecule has 70 heavy (non-hydrogen) atoms. The number of aliphatic hydroxyl groups is 1. The molecule has 1 spiro atoms. The van der Waals surface area contributed by atoms with Crippen LogP contribution in [0.4, 0.5) is 5.69 Å². The Bertz CT molecular complexity index is 2500. The molecule has 0 radical (unpaired) electrons. The van der Waals surface area contributed by atoms with Gasteiger partial charge in [-0.05, 0) is 86.8 Å². The lowest BCUT2D eigenvalue weighted by atomic mass is 9.70. The van der Waals surface area contributed by atoms with Gasteiger partial charge < -0.3 is 72.3 Å². The molecule has 5 heterocycles. The molecule has 2 aromatic rings. The summed E-state index contributed by atoms with van der Waals surface area (Å²) in [6, 6.07) is -0.101. The Labute approximate surface area is 402 Å². The molecular formula is C47H59N9O14. The van der Waals surface area contributed by atoms with E-state index < -0.39 is 126 Å². The van der Waals surface area contributed by atoms with E-state index in [0.29, 0.717) is 34.4 Å². The van der Waals surface area contributed by atoms with Gasteiger partial charge in [0.2, 0.25) is 47.3 Å². The topological polar surface area (TPSA) is 338 Å². The monoisotopic (exact) mass is 973 g/mol. The van der Waals surface area contributed by atoms with E-state index in [1.807, 2.05) is 6.92 Å². The molecule has 2 aromatic carbocycles. The van der Waals surface area contributed by atoms with Gasteiger partial charge in [0.05, 0.1) is 24.2 Å². The molecule has 1 saturated heterocycles. The largest absolute Gasteiger partial charge is 0.483 e. The molecular weight excluding hydrogens is 915 g/mol. The average molecular weight is 974 g/mol. The van der Waals surface area contributed by atoms with Crippen molar-refractivity contribution >= 4 is 65.2 Å². The highest BCUT2D eigenvalue weighted by Gasteiger charge is 2.59. The fourth-order valence-electron chi connectivity index (χ4n) is 9.87. The van der Waals surface area contributed by atoms with Crippen molar-refractivity contribution in [1.82, 2.24) is 42.5 Å². The van der Waals surface area contributed by atoms with Gasteiger partial charge in [-0.3, -0.25) is 38.4 Å². The molecule has 8 amide bonds.